The Bertz CT molecular complexity index is 1060. The summed E-state index contributed by atoms with van der Waals surface area (Å²) < 4.78 is 14.9. The Labute approximate surface area is 192 Å². The summed E-state index contributed by atoms with van der Waals surface area (Å²) in [5.74, 6) is 1.16. The molecule has 0 unspecified atom stereocenters. The van der Waals surface area contributed by atoms with Gasteiger partial charge in [-0.05, 0) is 32.0 Å². The van der Waals surface area contributed by atoms with Crippen LogP contribution in [0.2, 0.25) is 0 Å². The molecule has 4 rings (SSSR count). The summed E-state index contributed by atoms with van der Waals surface area (Å²) in [5, 5.41) is 9.62. The summed E-state index contributed by atoms with van der Waals surface area (Å²) in [6, 6.07) is 12.0. The first-order valence-electron chi connectivity index (χ1n) is 10.8. The van der Waals surface area contributed by atoms with Gasteiger partial charge in [-0.25, -0.2) is 0 Å². The van der Waals surface area contributed by atoms with Crippen molar-refractivity contribution in [2.75, 3.05) is 50.7 Å². The molecule has 0 radical (unpaired) electrons. The minimum absolute atomic E-state index is 0.0855. The molecule has 0 amide bonds. The Morgan fingerprint density at radius 2 is 1.91 bits per heavy atom. The number of carbonyl (C=O) groups excluding carboxylic acids is 1. The predicted octanol–water partition coefficient (Wildman–Crippen LogP) is 3.14. The molecule has 32 heavy (non-hydrogen) atoms. The predicted molar refractivity (Wildman–Crippen MR) is 125 cm³/mol. The van der Waals surface area contributed by atoms with Crippen LogP contribution in [0.3, 0.4) is 0 Å². The third-order valence-corrected chi connectivity index (χ3v) is 6.58. The van der Waals surface area contributed by atoms with Crippen molar-refractivity contribution in [3.63, 3.8) is 0 Å². The second-order valence-corrected chi connectivity index (χ2v) is 8.64. The van der Waals surface area contributed by atoms with Crippen LogP contribution in [0.5, 0.6) is 0 Å². The van der Waals surface area contributed by atoms with Gasteiger partial charge in [0.25, 0.3) is 0 Å². The second kappa shape index (κ2) is 10.3. The SMILES string of the molecule is COCCn1c(C)cc(C(=O)CSc2nnc(N3CCOCC3)n2-c2ccccc2)c1C. The fourth-order valence-corrected chi connectivity index (χ4v) is 4.78. The van der Waals surface area contributed by atoms with E-state index in [-0.39, 0.29) is 5.78 Å². The summed E-state index contributed by atoms with van der Waals surface area (Å²) in [6.07, 6.45) is 0. The maximum Gasteiger partial charge on any atom is 0.232 e. The molecule has 0 N–H and O–H groups in total. The average Bonchev–Trinajstić information content (AvgIpc) is 3.38. The minimum atomic E-state index is 0.0855. The number of aromatic nitrogens is 4. The van der Waals surface area contributed by atoms with E-state index >= 15 is 0 Å². The van der Waals surface area contributed by atoms with E-state index in [2.05, 4.69) is 19.7 Å². The van der Waals surface area contributed by atoms with Crippen molar-refractivity contribution in [3.05, 3.63) is 53.3 Å². The number of hydrogen-bond donors (Lipinski definition) is 0. The summed E-state index contributed by atoms with van der Waals surface area (Å²) in [6.45, 7) is 8.23. The van der Waals surface area contributed by atoms with Gasteiger partial charge in [0.2, 0.25) is 5.95 Å². The Balaban J connectivity index is 1.56. The third kappa shape index (κ3) is 4.74. The highest BCUT2D eigenvalue weighted by atomic mass is 32.2. The number of morpholine rings is 1. The van der Waals surface area contributed by atoms with Gasteiger partial charge < -0.3 is 18.9 Å². The Morgan fingerprint density at radius 1 is 1.16 bits per heavy atom. The number of hydrogen-bond acceptors (Lipinski definition) is 7. The number of Topliss-reactive ketones (excluding diaryl/α,β-unsaturated/α-hetero) is 1. The summed E-state index contributed by atoms with van der Waals surface area (Å²) in [4.78, 5) is 15.3. The zero-order chi connectivity index (χ0) is 22.5. The van der Waals surface area contributed by atoms with Crippen LogP contribution in [-0.4, -0.2) is 70.9 Å². The molecule has 9 heteroatoms. The number of ether oxygens (including phenoxy) is 2. The lowest BCUT2D eigenvalue weighted by atomic mass is 10.2. The molecule has 170 valence electrons. The van der Waals surface area contributed by atoms with Gasteiger partial charge in [-0.15, -0.1) is 10.2 Å². The van der Waals surface area contributed by atoms with Gasteiger partial charge in [0.1, 0.15) is 0 Å². The molecule has 1 aliphatic heterocycles. The molecule has 0 atom stereocenters. The zero-order valence-electron chi connectivity index (χ0n) is 18.8. The lowest BCUT2D eigenvalue weighted by Gasteiger charge is -2.27. The number of methoxy groups -OCH3 is 1. The van der Waals surface area contributed by atoms with Crippen LogP contribution in [0.1, 0.15) is 21.7 Å². The van der Waals surface area contributed by atoms with Crippen LogP contribution < -0.4 is 4.90 Å². The highest BCUT2D eigenvalue weighted by molar-refractivity contribution is 7.99. The molecule has 1 aliphatic rings. The number of thioether (sulfide) groups is 1. The van der Waals surface area contributed by atoms with Crippen molar-refractivity contribution in [2.24, 2.45) is 0 Å². The molecule has 3 aromatic rings. The zero-order valence-corrected chi connectivity index (χ0v) is 19.6. The number of carbonyl (C=O) groups is 1. The summed E-state index contributed by atoms with van der Waals surface area (Å²) >= 11 is 1.42. The van der Waals surface area contributed by atoms with Gasteiger partial charge in [-0.2, -0.15) is 0 Å². The first kappa shape index (κ1) is 22.6. The van der Waals surface area contributed by atoms with Gasteiger partial charge in [-0.1, -0.05) is 30.0 Å². The van der Waals surface area contributed by atoms with E-state index in [1.54, 1.807) is 7.11 Å². The quantitative estimate of drug-likeness (QED) is 0.362. The van der Waals surface area contributed by atoms with E-state index in [9.17, 15) is 4.79 Å². The van der Waals surface area contributed by atoms with Crippen LogP contribution in [0.15, 0.2) is 41.6 Å². The van der Waals surface area contributed by atoms with Gasteiger partial charge in [0, 0.05) is 43.7 Å². The van der Waals surface area contributed by atoms with Crippen LogP contribution >= 0.6 is 11.8 Å². The topological polar surface area (TPSA) is 74.4 Å². The van der Waals surface area contributed by atoms with Crippen LogP contribution in [0.25, 0.3) is 5.69 Å². The number of anilines is 1. The maximum absolute atomic E-state index is 13.1. The minimum Gasteiger partial charge on any atom is -0.383 e. The molecule has 1 aromatic carbocycles. The van der Waals surface area contributed by atoms with Crippen LogP contribution in [-0.2, 0) is 16.0 Å². The largest absolute Gasteiger partial charge is 0.383 e. The number of ketones is 1. The van der Waals surface area contributed by atoms with Crippen LogP contribution in [0.4, 0.5) is 5.95 Å². The number of aryl methyl sites for hydroxylation is 1. The molecule has 3 heterocycles. The third-order valence-electron chi connectivity index (χ3n) is 5.65. The number of para-hydroxylation sites is 1. The second-order valence-electron chi connectivity index (χ2n) is 7.69. The van der Waals surface area contributed by atoms with Crippen molar-refractivity contribution in [2.45, 2.75) is 25.5 Å². The average molecular weight is 456 g/mol. The van der Waals surface area contributed by atoms with Gasteiger partial charge >= 0.3 is 0 Å². The standard InChI is InChI=1S/C23H29N5O3S/c1-17-15-20(18(2)27(17)11-12-30-3)21(29)16-32-23-25-24-22(26-9-13-31-14-10-26)28(23)19-7-5-4-6-8-19/h4-8,15H,9-14,16H2,1-3H3. The van der Waals surface area contributed by atoms with Gasteiger partial charge in [0.15, 0.2) is 10.9 Å². The lowest BCUT2D eigenvalue weighted by Crippen LogP contribution is -2.37. The Kier molecular flexibility index (Phi) is 7.29. The van der Waals surface area contributed by atoms with E-state index in [0.29, 0.717) is 30.7 Å². The highest BCUT2D eigenvalue weighted by Gasteiger charge is 2.23. The Hall–Kier alpha value is -2.62. The maximum atomic E-state index is 13.1. The first-order chi connectivity index (χ1) is 15.6. The monoisotopic (exact) mass is 455 g/mol. The lowest BCUT2D eigenvalue weighted by molar-refractivity contribution is 0.102. The molecular weight excluding hydrogens is 426 g/mol. The smallest absolute Gasteiger partial charge is 0.232 e. The fourth-order valence-electron chi connectivity index (χ4n) is 3.94. The highest BCUT2D eigenvalue weighted by Crippen LogP contribution is 2.28. The molecule has 0 saturated carbocycles. The number of nitrogens with zero attached hydrogens (tertiary/aromatic N) is 5. The molecular formula is C23H29N5O3S. The molecule has 1 fully saturated rings. The van der Waals surface area contributed by atoms with E-state index in [1.807, 2.05) is 54.8 Å². The molecule has 1 saturated heterocycles. The number of rotatable bonds is 9. The van der Waals surface area contributed by atoms with Gasteiger partial charge in [0.05, 0.1) is 31.3 Å². The number of benzene rings is 1. The van der Waals surface area contributed by atoms with Crippen molar-refractivity contribution < 1.29 is 14.3 Å². The van der Waals surface area contributed by atoms with E-state index in [1.165, 1.54) is 11.8 Å². The molecule has 8 nitrogen and oxygen atoms in total. The summed E-state index contributed by atoms with van der Waals surface area (Å²) in [5.41, 5.74) is 3.77. The van der Waals surface area contributed by atoms with Crippen molar-refractivity contribution >= 4 is 23.5 Å². The molecule has 2 aromatic heterocycles. The van der Waals surface area contributed by atoms with E-state index < -0.39 is 0 Å². The van der Waals surface area contributed by atoms with Crippen molar-refractivity contribution in [3.8, 4) is 5.69 Å². The fraction of sp³-hybridized carbons (Fsp3) is 0.435. The summed E-state index contributed by atoms with van der Waals surface area (Å²) in [7, 11) is 1.69. The van der Waals surface area contributed by atoms with Crippen molar-refractivity contribution in [1.82, 2.24) is 19.3 Å². The van der Waals surface area contributed by atoms with Gasteiger partial charge in [-0.3, -0.25) is 9.36 Å². The van der Waals surface area contributed by atoms with E-state index in [4.69, 9.17) is 9.47 Å². The Morgan fingerprint density at radius 3 is 2.62 bits per heavy atom. The van der Waals surface area contributed by atoms with Crippen molar-refractivity contribution in [1.29, 1.82) is 0 Å². The first-order valence-corrected chi connectivity index (χ1v) is 11.7. The molecule has 0 spiro atoms. The molecule has 0 bridgehead atoms. The normalized spacial score (nSPS) is 14.2. The molecule has 0 aliphatic carbocycles. The van der Waals surface area contributed by atoms with E-state index in [0.717, 1.165) is 48.2 Å². The van der Waals surface area contributed by atoms with Crippen LogP contribution in [0, 0.1) is 13.8 Å².